The molecule has 3 heterocycles. The third-order valence-electron chi connectivity index (χ3n) is 5.69. The van der Waals surface area contributed by atoms with Crippen molar-refractivity contribution in [2.45, 2.75) is 19.9 Å². The highest BCUT2D eigenvalue weighted by Gasteiger charge is 2.21. The molecule has 0 bridgehead atoms. The van der Waals surface area contributed by atoms with Crippen molar-refractivity contribution in [3.8, 4) is 5.69 Å². The molecule has 172 valence electrons. The van der Waals surface area contributed by atoms with Crippen molar-refractivity contribution in [1.29, 1.82) is 0 Å². The van der Waals surface area contributed by atoms with E-state index in [9.17, 15) is 9.59 Å². The number of anilines is 1. The molecule has 0 aliphatic heterocycles. The summed E-state index contributed by atoms with van der Waals surface area (Å²) in [7, 11) is 0. The second-order valence-corrected chi connectivity index (χ2v) is 7.83. The average Bonchev–Trinajstić information content (AvgIpc) is 3.25. The van der Waals surface area contributed by atoms with Gasteiger partial charge in [0.15, 0.2) is 5.65 Å². The van der Waals surface area contributed by atoms with Gasteiger partial charge in [0, 0.05) is 11.4 Å². The summed E-state index contributed by atoms with van der Waals surface area (Å²) in [5.41, 5.74) is 8.24. The van der Waals surface area contributed by atoms with Crippen molar-refractivity contribution >= 4 is 47.0 Å². The van der Waals surface area contributed by atoms with Gasteiger partial charge in [-0.2, -0.15) is 18.6 Å². The van der Waals surface area contributed by atoms with E-state index in [2.05, 4.69) is 25.5 Å². The molecule has 0 spiro atoms. The molecule has 0 unspecified atom stereocenters. The Labute approximate surface area is 201 Å². The number of pyridine rings is 1. The van der Waals surface area contributed by atoms with Crippen LogP contribution in [0.15, 0.2) is 65.7 Å². The highest BCUT2D eigenvalue weighted by atomic mass is 32.1. The zero-order chi connectivity index (χ0) is 23.1. The zero-order valence-corrected chi connectivity index (χ0v) is 19.5. The highest BCUT2D eigenvalue weighted by Crippen LogP contribution is 2.28. The van der Waals surface area contributed by atoms with Crippen molar-refractivity contribution in [1.82, 2.24) is 24.7 Å². The van der Waals surface area contributed by atoms with E-state index in [1.54, 1.807) is 4.57 Å². The molecule has 0 saturated heterocycles. The summed E-state index contributed by atoms with van der Waals surface area (Å²) in [6.07, 6.45) is 1.36. The van der Waals surface area contributed by atoms with E-state index in [-0.39, 0.29) is 30.8 Å². The van der Waals surface area contributed by atoms with Crippen LogP contribution in [0.25, 0.3) is 27.5 Å². The van der Waals surface area contributed by atoms with Gasteiger partial charge in [-0.15, -0.1) is 0 Å². The highest BCUT2D eigenvalue weighted by molar-refractivity contribution is 7.59. The van der Waals surface area contributed by atoms with Crippen molar-refractivity contribution in [2.24, 2.45) is 5.73 Å². The minimum Gasteiger partial charge on any atom is -0.364 e. The first kappa shape index (κ1) is 23.0. The number of carbonyl (C=O) groups excluding carboxylic acids is 1. The zero-order valence-electron chi connectivity index (χ0n) is 18.5. The SMILES string of the molecule is Cc1cccc2cc([C@H](C)Nc3ncnc4n[nH]c(C(N)=O)c34)n(-c3ccccc3)c(=O)c12.S. The lowest BCUT2D eigenvalue weighted by atomic mass is 10.0. The normalized spacial score (nSPS) is 11.8. The minimum absolute atomic E-state index is 0. The maximum absolute atomic E-state index is 13.7. The van der Waals surface area contributed by atoms with Gasteiger partial charge in [-0.1, -0.05) is 36.4 Å². The lowest BCUT2D eigenvalue weighted by Gasteiger charge is -2.22. The fourth-order valence-electron chi connectivity index (χ4n) is 4.14. The predicted molar refractivity (Wildman–Crippen MR) is 137 cm³/mol. The number of amides is 1. The molecule has 0 radical (unpaired) electrons. The first-order chi connectivity index (χ1) is 16.0. The van der Waals surface area contributed by atoms with Gasteiger partial charge >= 0.3 is 0 Å². The molecule has 34 heavy (non-hydrogen) atoms. The van der Waals surface area contributed by atoms with Crippen molar-refractivity contribution < 1.29 is 4.79 Å². The van der Waals surface area contributed by atoms with E-state index < -0.39 is 5.91 Å². The Morgan fingerprint density at radius 2 is 1.85 bits per heavy atom. The van der Waals surface area contributed by atoms with Crippen LogP contribution >= 0.6 is 13.5 Å². The molecular formula is C24H23N7O2S. The third kappa shape index (κ3) is 3.77. The van der Waals surface area contributed by atoms with Crippen molar-refractivity contribution in [3.05, 3.63) is 88.2 Å². The lowest BCUT2D eigenvalue weighted by Crippen LogP contribution is -2.26. The Hall–Kier alpha value is -4.18. The number of nitrogens with two attached hydrogens (primary N) is 1. The number of carbonyl (C=O) groups is 1. The fraction of sp³-hybridized carbons (Fsp3) is 0.125. The third-order valence-corrected chi connectivity index (χ3v) is 5.69. The maximum Gasteiger partial charge on any atom is 0.267 e. The Morgan fingerprint density at radius 1 is 1.09 bits per heavy atom. The number of fused-ring (bicyclic) bond motifs is 2. The van der Waals surface area contributed by atoms with Gasteiger partial charge in [0.2, 0.25) is 0 Å². The molecule has 9 nitrogen and oxygen atoms in total. The molecule has 0 aliphatic rings. The van der Waals surface area contributed by atoms with E-state index in [4.69, 9.17) is 5.73 Å². The van der Waals surface area contributed by atoms with E-state index in [1.807, 2.05) is 68.4 Å². The number of nitrogens with zero attached hydrogens (tertiary/aromatic N) is 4. The number of aryl methyl sites for hydroxylation is 1. The van der Waals surface area contributed by atoms with Gasteiger partial charge < -0.3 is 11.1 Å². The molecule has 10 heteroatoms. The first-order valence-electron chi connectivity index (χ1n) is 10.4. The van der Waals surface area contributed by atoms with Crippen LogP contribution in [0, 0.1) is 6.92 Å². The van der Waals surface area contributed by atoms with Gasteiger partial charge in [0.25, 0.3) is 11.5 Å². The Morgan fingerprint density at radius 3 is 2.59 bits per heavy atom. The molecule has 3 aromatic heterocycles. The standard InChI is InChI=1S/C24H21N7O2.H2S/c1-13-7-6-8-15-11-17(31(24(33)18(13)15)16-9-4-3-5-10-16)14(2)28-22-19-20(21(25)32)29-30-23(19)27-12-26-22;/h3-12,14H,1-2H3,(H2,25,32)(H2,26,27,28,29,30);1H2/t14-;/m0./s1. The minimum atomic E-state index is -0.662. The van der Waals surface area contributed by atoms with Crippen LogP contribution < -0.4 is 16.6 Å². The van der Waals surface area contributed by atoms with Crippen LogP contribution in [-0.2, 0) is 0 Å². The molecule has 0 fully saturated rings. The van der Waals surface area contributed by atoms with Crippen LogP contribution in [0.3, 0.4) is 0 Å². The van der Waals surface area contributed by atoms with Gasteiger partial charge in [-0.25, -0.2) is 9.97 Å². The van der Waals surface area contributed by atoms with Gasteiger partial charge in [-0.3, -0.25) is 19.3 Å². The monoisotopic (exact) mass is 473 g/mol. The Bertz CT molecular complexity index is 1580. The summed E-state index contributed by atoms with van der Waals surface area (Å²) >= 11 is 0. The van der Waals surface area contributed by atoms with Gasteiger partial charge in [0.05, 0.1) is 16.8 Å². The van der Waals surface area contributed by atoms with Crippen molar-refractivity contribution in [3.63, 3.8) is 0 Å². The summed E-state index contributed by atoms with van der Waals surface area (Å²) in [5, 5.41) is 11.9. The number of H-pyrrole nitrogens is 1. The smallest absolute Gasteiger partial charge is 0.267 e. The Balaban J connectivity index is 0.00000274. The van der Waals surface area contributed by atoms with E-state index in [1.165, 1.54) is 6.33 Å². The molecule has 0 aliphatic carbocycles. The quantitative estimate of drug-likeness (QED) is 0.359. The summed E-state index contributed by atoms with van der Waals surface area (Å²) in [4.78, 5) is 34.0. The second kappa shape index (κ2) is 8.99. The fourth-order valence-corrected chi connectivity index (χ4v) is 4.14. The summed E-state index contributed by atoms with van der Waals surface area (Å²) in [6.45, 7) is 3.86. The number of benzene rings is 2. The summed E-state index contributed by atoms with van der Waals surface area (Å²) < 4.78 is 1.70. The number of primary amides is 1. The van der Waals surface area contributed by atoms with Crippen LogP contribution in [0.1, 0.15) is 34.7 Å². The van der Waals surface area contributed by atoms with E-state index in [0.717, 1.165) is 22.3 Å². The lowest BCUT2D eigenvalue weighted by molar-refractivity contribution is 0.0997. The number of para-hydroxylation sites is 1. The van der Waals surface area contributed by atoms with Gasteiger partial charge in [0.1, 0.15) is 17.8 Å². The first-order valence-corrected chi connectivity index (χ1v) is 10.4. The van der Waals surface area contributed by atoms with E-state index >= 15 is 0 Å². The molecule has 1 atom stereocenters. The number of nitrogens with one attached hydrogen (secondary N) is 2. The van der Waals surface area contributed by atoms with Crippen LogP contribution in [0.2, 0.25) is 0 Å². The number of aromatic amines is 1. The number of rotatable bonds is 5. The topological polar surface area (TPSA) is 132 Å². The Kier molecular flexibility index (Phi) is 6.08. The number of aromatic nitrogens is 5. The molecule has 2 aromatic carbocycles. The number of hydrogen-bond acceptors (Lipinski definition) is 6. The molecule has 1 amide bonds. The average molecular weight is 474 g/mol. The largest absolute Gasteiger partial charge is 0.364 e. The van der Waals surface area contributed by atoms with Crippen molar-refractivity contribution in [2.75, 3.05) is 5.32 Å². The maximum atomic E-state index is 13.7. The van der Waals surface area contributed by atoms with E-state index in [0.29, 0.717) is 22.2 Å². The molecule has 0 saturated carbocycles. The molecular weight excluding hydrogens is 450 g/mol. The summed E-state index contributed by atoms with van der Waals surface area (Å²) in [6, 6.07) is 16.9. The summed E-state index contributed by atoms with van der Waals surface area (Å²) in [5.74, 6) is -0.267. The molecule has 5 aromatic rings. The second-order valence-electron chi connectivity index (χ2n) is 7.83. The molecule has 5 rings (SSSR count). The number of hydrogen-bond donors (Lipinski definition) is 3. The van der Waals surface area contributed by atoms with Crippen LogP contribution in [0.4, 0.5) is 5.82 Å². The molecule has 4 N–H and O–H groups in total. The van der Waals surface area contributed by atoms with Gasteiger partial charge in [-0.05, 0) is 43.0 Å². The predicted octanol–water partition coefficient (Wildman–Crippen LogP) is 3.35. The van der Waals surface area contributed by atoms with Crippen LogP contribution in [-0.4, -0.2) is 30.6 Å². The van der Waals surface area contributed by atoms with Crippen LogP contribution in [0.5, 0.6) is 0 Å².